The lowest BCUT2D eigenvalue weighted by Crippen LogP contribution is -2.42. The van der Waals surface area contributed by atoms with Crippen LogP contribution >= 0.6 is 15.9 Å². The lowest BCUT2D eigenvalue weighted by Gasteiger charge is -2.27. The van der Waals surface area contributed by atoms with E-state index in [1.807, 2.05) is 0 Å². The third-order valence-electron chi connectivity index (χ3n) is 2.48. The summed E-state index contributed by atoms with van der Waals surface area (Å²) in [6.07, 6.45) is -3.11. The van der Waals surface area contributed by atoms with Crippen molar-refractivity contribution in [3.05, 3.63) is 34.3 Å². The van der Waals surface area contributed by atoms with E-state index in [0.717, 1.165) is 0 Å². The first-order chi connectivity index (χ1) is 8.39. The van der Waals surface area contributed by atoms with Crippen molar-refractivity contribution in [3.63, 3.8) is 0 Å². The minimum absolute atomic E-state index is 0.150. The summed E-state index contributed by atoms with van der Waals surface area (Å²) >= 11 is 3.17. The SMILES string of the molecule is CCCNC(c1ccc(Br)cc1)C(F)(F)C(F)F. The van der Waals surface area contributed by atoms with Gasteiger partial charge in [-0.05, 0) is 30.7 Å². The molecule has 1 nitrogen and oxygen atoms in total. The third kappa shape index (κ3) is 3.68. The van der Waals surface area contributed by atoms with Gasteiger partial charge in [0.25, 0.3) is 0 Å². The molecule has 0 saturated carbocycles. The fourth-order valence-corrected chi connectivity index (χ4v) is 1.81. The van der Waals surface area contributed by atoms with E-state index < -0.39 is 18.4 Å². The predicted molar refractivity (Wildman–Crippen MR) is 66.1 cm³/mol. The molecule has 1 aromatic carbocycles. The van der Waals surface area contributed by atoms with Gasteiger partial charge < -0.3 is 5.32 Å². The quantitative estimate of drug-likeness (QED) is 0.764. The van der Waals surface area contributed by atoms with E-state index in [1.54, 1.807) is 19.1 Å². The van der Waals surface area contributed by atoms with Gasteiger partial charge in [-0.25, -0.2) is 8.78 Å². The van der Waals surface area contributed by atoms with Crippen molar-refractivity contribution in [2.45, 2.75) is 31.7 Å². The Kier molecular flexibility index (Phi) is 5.59. The molecule has 0 spiro atoms. The minimum Gasteiger partial charge on any atom is -0.305 e. The zero-order chi connectivity index (χ0) is 13.8. The number of hydrogen-bond acceptors (Lipinski definition) is 1. The maximum Gasteiger partial charge on any atom is 0.326 e. The van der Waals surface area contributed by atoms with Gasteiger partial charge in [0.1, 0.15) is 6.04 Å². The summed E-state index contributed by atoms with van der Waals surface area (Å²) in [4.78, 5) is 0. The van der Waals surface area contributed by atoms with E-state index in [0.29, 0.717) is 10.9 Å². The number of halogens is 5. The van der Waals surface area contributed by atoms with Gasteiger partial charge in [-0.3, -0.25) is 0 Å². The van der Waals surface area contributed by atoms with Gasteiger partial charge in [0, 0.05) is 4.47 Å². The average molecular weight is 328 g/mol. The van der Waals surface area contributed by atoms with Crippen LogP contribution in [0.15, 0.2) is 28.7 Å². The fraction of sp³-hybridized carbons (Fsp3) is 0.500. The summed E-state index contributed by atoms with van der Waals surface area (Å²) in [6, 6.07) is 4.25. The lowest BCUT2D eigenvalue weighted by molar-refractivity contribution is -0.151. The zero-order valence-electron chi connectivity index (χ0n) is 9.77. The molecule has 102 valence electrons. The predicted octanol–water partition coefficient (Wildman–Crippen LogP) is 4.39. The first-order valence-electron chi connectivity index (χ1n) is 5.54. The number of alkyl halides is 4. The van der Waals surface area contributed by atoms with E-state index in [4.69, 9.17) is 0 Å². The Morgan fingerprint density at radius 3 is 2.22 bits per heavy atom. The van der Waals surface area contributed by atoms with Crippen LogP contribution in [0.25, 0.3) is 0 Å². The molecule has 1 rings (SSSR count). The van der Waals surface area contributed by atoms with Crippen LogP contribution < -0.4 is 5.32 Å². The Morgan fingerprint density at radius 2 is 1.78 bits per heavy atom. The van der Waals surface area contributed by atoms with Crippen LogP contribution in [-0.2, 0) is 0 Å². The van der Waals surface area contributed by atoms with E-state index in [1.165, 1.54) is 12.1 Å². The molecule has 1 N–H and O–H groups in total. The highest BCUT2D eigenvalue weighted by Crippen LogP contribution is 2.36. The molecule has 1 atom stereocenters. The van der Waals surface area contributed by atoms with Gasteiger partial charge in [0.2, 0.25) is 0 Å². The van der Waals surface area contributed by atoms with Crippen molar-refractivity contribution in [2.75, 3.05) is 6.54 Å². The summed E-state index contributed by atoms with van der Waals surface area (Å²) in [5.41, 5.74) is 0.150. The maximum absolute atomic E-state index is 13.5. The molecule has 0 radical (unpaired) electrons. The monoisotopic (exact) mass is 327 g/mol. The molecular weight excluding hydrogens is 314 g/mol. The van der Waals surface area contributed by atoms with Crippen LogP contribution in [0.2, 0.25) is 0 Å². The summed E-state index contributed by atoms with van der Waals surface area (Å²) in [5, 5.41) is 2.48. The second kappa shape index (κ2) is 6.52. The summed E-state index contributed by atoms with van der Waals surface area (Å²) in [7, 11) is 0. The second-order valence-corrected chi connectivity index (χ2v) is 4.83. The van der Waals surface area contributed by atoms with Gasteiger partial charge in [0.15, 0.2) is 0 Å². The Labute approximate surface area is 112 Å². The highest BCUT2D eigenvalue weighted by Gasteiger charge is 2.49. The fourth-order valence-electron chi connectivity index (χ4n) is 1.55. The molecule has 0 aromatic heterocycles. The molecule has 0 aliphatic rings. The molecule has 0 bridgehead atoms. The van der Waals surface area contributed by atoms with E-state index in [9.17, 15) is 17.6 Å². The third-order valence-corrected chi connectivity index (χ3v) is 3.01. The first kappa shape index (κ1) is 15.4. The molecule has 0 heterocycles. The van der Waals surface area contributed by atoms with Gasteiger partial charge in [-0.1, -0.05) is 35.0 Å². The number of benzene rings is 1. The summed E-state index contributed by atoms with van der Waals surface area (Å²) in [5.74, 6) is -4.09. The van der Waals surface area contributed by atoms with Crippen LogP contribution in [0.5, 0.6) is 0 Å². The molecule has 6 heteroatoms. The van der Waals surface area contributed by atoms with Crippen molar-refractivity contribution < 1.29 is 17.6 Å². The number of hydrogen-bond donors (Lipinski definition) is 1. The van der Waals surface area contributed by atoms with Gasteiger partial charge in [-0.15, -0.1) is 0 Å². The molecule has 0 saturated heterocycles. The molecule has 18 heavy (non-hydrogen) atoms. The van der Waals surface area contributed by atoms with Crippen LogP contribution in [0, 0.1) is 0 Å². The Hall–Kier alpha value is -0.620. The Balaban J connectivity index is 3.01. The smallest absolute Gasteiger partial charge is 0.305 e. The van der Waals surface area contributed by atoms with Crippen LogP contribution in [0.1, 0.15) is 24.9 Å². The van der Waals surface area contributed by atoms with E-state index in [-0.39, 0.29) is 12.1 Å². The van der Waals surface area contributed by atoms with Crippen molar-refractivity contribution in [1.29, 1.82) is 0 Å². The molecular formula is C12H14BrF4N. The largest absolute Gasteiger partial charge is 0.326 e. The van der Waals surface area contributed by atoms with Gasteiger partial charge in [-0.2, -0.15) is 8.78 Å². The lowest BCUT2D eigenvalue weighted by atomic mass is 10.0. The van der Waals surface area contributed by atoms with Crippen molar-refractivity contribution in [2.24, 2.45) is 0 Å². The highest BCUT2D eigenvalue weighted by molar-refractivity contribution is 9.10. The molecule has 0 fully saturated rings. The maximum atomic E-state index is 13.5. The summed E-state index contributed by atoms with van der Waals surface area (Å²) < 4.78 is 52.6. The summed E-state index contributed by atoms with van der Waals surface area (Å²) in [6.45, 7) is 2.04. The normalized spacial score (nSPS) is 13.9. The van der Waals surface area contributed by atoms with Gasteiger partial charge in [0.05, 0.1) is 0 Å². The van der Waals surface area contributed by atoms with Crippen LogP contribution in [0.4, 0.5) is 17.6 Å². The van der Waals surface area contributed by atoms with Crippen molar-refractivity contribution >= 4 is 15.9 Å². The minimum atomic E-state index is -4.09. The van der Waals surface area contributed by atoms with Gasteiger partial charge >= 0.3 is 12.3 Å². The Bertz CT molecular complexity index is 367. The van der Waals surface area contributed by atoms with E-state index >= 15 is 0 Å². The van der Waals surface area contributed by atoms with Crippen molar-refractivity contribution in [1.82, 2.24) is 5.32 Å². The molecule has 1 aromatic rings. The van der Waals surface area contributed by atoms with E-state index in [2.05, 4.69) is 21.2 Å². The van der Waals surface area contributed by atoms with Crippen LogP contribution in [0.3, 0.4) is 0 Å². The topological polar surface area (TPSA) is 12.0 Å². The standard InChI is InChI=1S/C12H14BrF4N/c1-2-7-18-10(12(16,17)11(14)15)8-3-5-9(13)6-4-8/h3-6,10-11,18H,2,7H2,1H3. The molecule has 1 unspecified atom stereocenters. The Morgan fingerprint density at radius 1 is 1.22 bits per heavy atom. The average Bonchev–Trinajstić information content (AvgIpc) is 2.31. The highest BCUT2D eigenvalue weighted by atomic mass is 79.9. The molecule has 0 amide bonds. The first-order valence-corrected chi connectivity index (χ1v) is 6.33. The zero-order valence-corrected chi connectivity index (χ0v) is 11.4. The number of rotatable bonds is 6. The van der Waals surface area contributed by atoms with Crippen LogP contribution in [-0.4, -0.2) is 18.9 Å². The number of nitrogens with one attached hydrogen (secondary N) is 1. The van der Waals surface area contributed by atoms with Crippen molar-refractivity contribution in [3.8, 4) is 0 Å². The molecule has 0 aliphatic heterocycles. The molecule has 0 aliphatic carbocycles. The second-order valence-electron chi connectivity index (χ2n) is 3.91.